The molecule has 2 aromatic rings. The molecule has 0 saturated carbocycles. The predicted octanol–water partition coefficient (Wildman–Crippen LogP) is 4.65. The zero-order valence-electron chi connectivity index (χ0n) is 12.8. The number of methoxy groups -OCH3 is 1. The summed E-state index contributed by atoms with van der Waals surface area (Å²) in [6.45, 7) is 4.27. The van der Waals surface area contributed by atoms with Gasteiger partial charge in [0, 0.05) is 28.6 Å². The van der Waals surface area contributed by atoms with Gasteiger partial charge in [-0.25, -0.2) is 0 Å². The van der Waals surface area contributed by atoms with Crippen molar-refractivity contribution in [3.63, 3.8) is 0 Å². The van der Waals surface area contributed by atoms with Gasteiger partial charge in [0.15, 0.2) is 0 Å². The monoisotopic (exact) mass is 305 g/mol. The topological polar surface area (TPSA) is 41.5 Å². The molecule has 2 N–H and O–H groups in total. The van der Waals surface area contributed by atoms with Crippen molar-refractivity contribution in [1.82, 2.24) is 5.32 Å². The van der Waals surface area contributed by atoms with E-state index in [4.69, 9.17) is 4.74 Å². The Balaban J connectivity index is 2.13. The van der Waals surface area contributed by atoms with E-state index < -0.39 is 0 Å². The van der Waals surface area contributed by atoms with E-state index in [1.165, 1.54) is 4.88 Å². The first-order chi connectivity index (χ1) is 10.2. The van der Waals surface area contributed by atoms with Gasteiger partial charge < -0.3 is 15.2 Å². The van der Waals surface area contributed by atoms with Gasteiger partial charge in [-0.1, -0.05) is 25.5 Å². The van der Waals surface area contributed by atoms with Crippen LogP contribution in [-0.4, -0.2) is 12.2 Å². The summed E-state index contributed by atoms with van der Waals surface area (Å²) < 4.78 is 5.13. The molecule has 0 saturated heterocycles. The lowest BCUT2D eigenvalue weighted by atomic mass is 10.0. The van der Waals surface area contributed by atoms with Crippen LogP contribution in [0.25, 0.3) is 0 Å². The second-order valence-electron chi connectivity index (χ2n) is 5.17. The summed E-state index contributed by atoms with van der Waals surface area (Å²) >= 11 is 1.77. The summed E-state index contributed by atoms with van der Waals surface area (Å²) in [7, 11) is 1.60. The number of phenols is 1. The largest absolute Gasteiger partial charge is 0.507 e. The Hall–Kier alpha value is -1.52. The van der Waals surface area contributed by atoms with Gasteiger partial charge in [-0.3, -0.25) is 0 Å². The molecule has 0 bridgehead atoms. The first-order valence-electron chi connectivity index (χ1n) is 7.32. The third-order valence-corrected chi connectivity index (χ3v) is 4.61. The summed E-state index contributed by atoms with van der Waals surface area (Å²) in [5.41, 5.74) is 0.897. The van der Waals surface area contributed by atoms with Crippen LogP contribution in [0, 0.1) is 0 Å². The zero-order valence-corrected chi connectivity index (χ0v) is 13.6. The molecule has 0 aliphatic carbocycles. The molecule has 3 nitrogen and oxygen atoms in total. The standard InChI is InChI=1S/C17H23NO2S/c1-4-6-15(17-7-5-10-21-17)18-12(2)14-9-8-13(20-3)11-16(14)19/h5,7-12,15,18-19H,4,6H2,1-3H3. The van der Waals surface area contributed by atoms with Crippen molar-refractivity contribution >= 4 is 11.3 Å². The van der Waals surface area contributed by atoms with Gasteiger partial charge in [0.1, 0.15) is 11.5 Å². The number of hydrogen-bond acceptors (Lipinski definition) is 4. The van der Waals surface area contributed by atoms with Crippen LogP contribution in [0.5, 0.6) is 11.5 Å². The Kier molecular flexibility index (Phi) is 5.65. The van der Waals surface area contributed by atoms with E-state index in [2.05, 4.69) is 36.7 Å². The number of benzene rings is 1. The maximum absolute atomic E-state index is 10.1. The van der Waals surface area contributed by atoms with E-state index in [0.717, 1.165) is 18.4 Å². The molecule has 0 radical (unpaired) electrons. The number of thiophene rings is 1. The van der Waals surface area contributed by atoms with Crippen molar-refractivity contribution in [2.75, 3.05) is 7.11 Å². The molecule has 1 heterocycles. The third-order valence-electron chi connectivity index (χ3n) is 3.62. The second-order valence-corrected chi connectivity index (χ2v) is 6.15. The van der Waals surface area contributed by atoms with Gasteiger partial charge in [0.2, 0.25) is 0 Å². The highest BCUT2D eigenvalue weighted by Gasteiger charge is 2.17. The van der Waals surface area contributed by atoms with Crippen molar-refractivity contribution < 1.29 is 9.84 Å². The number of hydrogen-bond donors (Lipinski definition) is 2. The highest BCUT2D eigenvalue weighted by molar-refractivity contribution is 7.10. The summed E-state index contributed by atoms with van der Waals surface area (Å²) in [4.78, 5) is 1.34. The minimum Gasteiger partial charge on any atom is -0.507 e. The normalized spacial score (nSPS) is 13.9. The Labute approximate surface area is 130 Å². The molecular formula is C17H23NO2S. The fraction of sp³-hybridized carbons (Fsp3) is 0.412. The van der Waals surface area contributed by atoms with Crippen molar-refractivity contribution in [1.29, 1.82) is 0 Å². The van der Waals surface area contributed by atoms with Crippen LogP contribution < -0.4 is 10.1 Å². The fourth-order valence-corrected chi connectivity index (χ4v) is 3.32. The molecular weight excluding hydrogens is 282 g/mol. The molecule has 2 unspecified atom stereocenters. The van der Waals surface area contributed by atoms with E-state index >= 15 is 0 Å². The van der Waals surface area contributed by atoms with Crippen molar-refractivity contribution in [3.8, 4) is 11.5 Å². The number of phenolic OH excluding ortho intramolecular Hbond substituents is 1. The predicted molar refractivity (Wildman–Crippen MR) is 88.2 cm³/mol. The third kappa shape index (κ3) is 3.99. The molecule has 2 atom stereocenters. The maximum Gasteiger partial charge on any atom is 0.124 e. The molecule has 1 aromatic carbocycles. The molecule has 0 fully saturated rings. The zero-order chi connectivity index (χ0) is 15.2. The van der Waals surface area contributed by atoms with Crippen LogP contribution in [0.3, 0.4) is 0 Å². The molecule has 0 spiro atoms. The van der Waals surface area contributed by atoms with Crippen molar-refractivity contribution in [2.45, 2.75) is 38.8 Å². The average molecular weight is 305 g/mol. The number of aromatic hydroxyl groups is 1. The van der Waals surface area contributed by atoms with Gasteiger partial charge in [0.25, 0.3) is 0 Å². The maximum atomic E-state index is 10.1. The smallest absolute Gasteiger partial charge is 0.124 e. The summed E-state index contributed by atoms with van der Waals surface area (Å²) in [6.07, 6.45) is 2.21. The fourth-order valence-electron chi connectivity index (χ4n) is 2.49. The van der Waals surface area contributed by atoms with E-state index in [1.54, 1.807) is 24.5 Å². The highest BCUT2D eigenvalue weighted by Crippen LogP contribution is 2.31. The molecule has 0 aliphatic rings. The van der Waals surface area contributed by atoms with E-state index in [0.29, 0.717) is 11.8 Å². The first-order valence-corrected chi connectivity index (χ1v) is 8.20. The minimum atomic E-state index is 0.0783. The van der Waals surface area contributed by atoms with Gasteiger partial charge in [-0.2, -0.15) is 0 Å². The lowest BCUT2D eigenvalue weighted by molar-refractivity contribution is 0.398. The van der Waals surface area contributed by atoms with Gasteiger partial charge >= 0.3 is 0 Å². The molecule has 4 heteroatoms. The number of rotatable bonds is 7. The lowest BCUT2D eigenvalue weighted by Crippen LogP contribution is -2.24. The van der Waals surface area contributed by atoms with Crippen LogP contribution in [0.2, 0.25) is 0 Å². The van der Waals surface area contributed by atoms with Gasteiger partial charge in [-0.15, -0.1) is 11.3 Å². The first kappa shape index (κ1) is 15.9. The van der Waals surface area contributed by atoms with Crippen molar-refractivity contribution in [2.24, 2.45) is 0 Å². The number of nitrogens with one attached hydrogen (secondary N) is 1. The Morgan fingerprint density at radius 1 is 1.33 bits per heavy atom. The molecule has 1 aromatic heterocycles. The highest BCUT2D eigenvalue weighted by atomic mass is 32.1. The molecule has 0 aliphatic heterocycles. The van der Waals surface area contributed by atoms with E-state index in [9.17, 15) is 5.11 Å². The van der Waals surface area contributed by atoms with Crippen LogP contribution in [0.1, 0.15) is 49.2 Å². The summed E-state index contributed by atoms with van der Waals surface area (Å²) in [5, 5.41) is 15.9. The van der Waals surface area contributed by atoms with Gasteiger partial charge in [-0.05, 0) is 30.9 Å². The van der Waals surface area contributed by atoms with Crippen LogP contribution >= 0.6 is 11.3 Å². The van der Waals surface area contributed by atoms with Crippen LogP contribution in [0.4, 0.5) is 0 Å². The second kappa shape index (κ2) is 7.48. The van der Waals surface area contributed by atoms with E-state index in [-0.39, 0.29) is 11.8 Å². The summed E-state index contributed by atoms with van der Waals surface area (Å²) in [5.74, 6) is 0.947. The Morgan fingerprint density at radius 2 is 2.14 bits per heavy atom. The lowest BCUT2D eigenvalue weighted by Gasteiger charge is -2.23. The quantitative estimate of drug-likeness (QED) is 0.782. The SMILES string of the molecule is CCCC(NC(C)c1ccc(OC)cc1O)c1cccs1. The Bertz CT molecular complexity index is 554. The van der Waals surface area contributed by atoms with Crippen LogP contribution in [-0.2, 0) is 0 Å². The van der Waals surface area contributed by atoms with Crippen molar-refractivity contribution in [3.05, 3.63) is 46.2 Å². The minimum absolute atomic E-state index is 0.0783. The summed E-state index contributed by atoms with van der Waals surface area (Å²) in [6, 6.07) is 10.1. The average Bonchev–Trinajstić information content (AvgIpc) is 3.00. The molecule has 21 heavy (non-hydrogen) atoms. The van der Waals surface area contributed by atoms with Gasteiger partial charge in [0.05, 0.1) is 7.11 Å². The van der Waals surface area contributed by atoms with E-state index in [1.807, 2.05) is 12.1 Å². The molecule has 2 rings (SSSR count). The Morgan fingerprint density at radius 3 is 2.71 bits per heavy atom. The molecule has 0 amide bonds. The molecule has 114 valence electrons. The number of ether oxygens (including phenoxy) is 1. The van der Waals surface area contributed by atoms with Crippen LogP contribution in [0.15, 0.2) is 35.7 Å².